The largest absolute Gasteiger partial charge is 0.469 e. The number of carbonyl (C=O) groups is 6. The maximum absolute atomic E-state index is 13.9. The lowest BCUT2D eigenvalue weighted by atomic mass is 9.87. The molecule has 3 aliphatic heterocycles. The van der Waals surface area contributed by atoms with Crippen LogP contribution in [0.1, 0.15) is 133 Å². The summed E-state index contributed by atoms with van der Waals surface area (Å²) in [5.74, 6) is -2.68. The lowest BCUT2D eigenvalue weighted by molar-refractivity contribution is -0.151. The Hall–Kier alpha value is -5.36. The Morgan fingerprint density at radius 2 is 1.02 bits per heavy atom. The van der Waals surface area contributed by atoms with E-state index in [1.54, 1.807) is 16.7 Å². The summed E-state index contributed by atoms with van der Waals surface area (Å²) in [6.45, 7) is 13.2. The van der Waals surface area contributed by atoms with E-state index in [1.165, 1.54) is 26.9 Å². The predicted molar refractivity (Wildman–Crippen MR) is 254 cm³/mol. The number of likely N-dealkylation sites (tertiary alicyclic amines) is 2. The number of hydrogen-bond donors (Lipinski definition) is 0. The molecule has 0 unspecified atom stereocenters. The van der Waals surface area contributed by atoms with E-state index in [4.69, 9.17) is 14.2 Å². The van der Waals surface area contributed by atoms with E-state index >= 15 is 0 Å². The zero-order valence-corrected chi connectivity index (χ0v) is 40.5. The highest BCUT2D eigenvalue weighted by Gasteiger charge is 2.41. The highest BCUT2D eigenvalue weighted by atomic mass is 16.5. The van der Waals surface area contributed by atoms with Gasteiger partial charge in [0.2, 0.25) is 11.8 Å². The third-order valence-electron chi connectivity index (χ3n) is 14.3. The number of Topliss-reactive ketones (excluding diaryl/α,β-unsaturated/α-hetero) is 2. The van der Waals surface area contributed by atoms with Crippen molar-refractivity contribution in [3.05, 3.63) is 101 Å². The maximum Gasteiger partial charge on any atom is 0.306 e. The molecule has 3 aromatic carbocycles. The van der Waals surface area contributed by atoms with Crippen molar-refractivity contribution in [1.82, 2.24) is 9.80 Å². The van der Waals surface area contributed by atoms with E-state index in [0.717, 1.165) is 47.2 Å². The molecule has 3 fully saturated rings. The monoisotopic (exact) mass is 906 g/mol. The normalized spacial score (nSPS) is 21.2. The number of carbonyl (C=O) groups excluding carboxylic acids is 6. The number of rotatable bonds is 18. The molecule has 7 atom stereocenters. The van der Waals surface area contributed by atoms with Gasteiger partial charge in [0, 0.05) is 38.7 Å². The molecule has 2 amide bonds. The number of amides is 2. The van der Waals surface area contributed by atoms with Gasteiger partial charge in [0.1, 0.15) is 0 Å². The van der Waals surface area contributed by atoms with E-state index in [1.807, 2.05) is 38.1 Å². The van der Waals surface area contributed by atoms with Crippen molar-refractivity contribution in [1.29, 1.82) is 0 Å². The smallest absolute Gasteiger partial charge is 0.306 e. The van der Waals surface area contributed by atoms with E-state index in [-0.39, 0.29) is 72.5 Å². The molecule has 3 heterocycles. The van der Waals surface area contributed by atoms with Crippen LogP contribution < -0.4 is 4.90 Å². The molecule has 0 bridgehead atoms. The van der Waals surface area contributed by atoms with Gasteiger partial charge in [-0.1, -0.05) is 95.3 Å². The molecule has 6 rings (SSSR count). The number of ketones is 2. The first-order chi connectivity index (χ1) is 31.4. The van der Waals surface area contributed by atoms with Crippen molar-refractivity contribution >= 4 is 41.0 Å². The molecule has 0 aliphatic carbocycles. The molecule has 12 nitrogen and oxygen atoms in total. The summed E-state index contributed by atoms with van der Waals surface area (Å²) in [5.41, 5.74) is 6.45. The van der Waals surface area contributed by atoms with E-state index in [2.05, 4.69) is 74.2 Å². The first-order valence-electron chi connectivity index (χ1n) is 23.8. The van der Waals surface area contributed by atoms with Gasteiger partial charge in [-0.3, -0.25) is 28.8 Å². The summed E-state index contributed by atoms with van der Waals surface area (Å²) in [4.78, 5) is 85.3. The fourth-order valence-electron chi connectivity index (χ4n) is 10.2. The van der Waals surface area contributed by atoms with Gasteiger partial charge >= 0.3 is 11.9 Å². The topological polar surface area (TPSA) is 140 Å². The van der Waals surface area contributed by atoms with Crippen LogP contribution in [0.25, 0.3) is 0 Å². The first-order valence-corrected chi connectivity index (χ1v) is 23.8. The van der Waals surface area contributed by atoms with Gasteiger partial charge in [-0.25, -0.2) is 0 Å². The number of methoxy groups -OCH3 is 3. The van der Waals surface area contributed by atoms with Gasteiger partial charge in [0.15, 0.2) is 11.6 Å². The van der Waals surface area contributed by atoms with Crippen LogP contribution >= 0.6 is 0 Å². The molecule has 0 saturated carbocycles. The molecule has 66 heavy (non-hydrogen) atoms. The summed E-state index contributed by atoms with van der Waals surface area (Å²) in [6.07, 6.45) is 4.27. The van der Waals surface area contributed by atoms with Gasteiger partial charge in [0.25, 0.3) is 0 Å². The van der Waals surface area contributed by atoms with Gasteiger partial charge < -0.3 is 28.9 Å². The Labute approximate surface area is 391 Å². The SMILES string of the molecule is COC(=O)C[C@H](C(=O)N1CCC[C@H]1C(=O)Cc1ccc([C@@H]2CC[C@@H](c3ccc(CC(=O)[C@@H]4CCCN4C(=O)[C@@H](CC(=O)OC)[C@@H](C)OC)cc3)N2c2ccc(C(C)(C)C)cc2)cc1)C(C)C. The van der Waals surface area contributed by atoms with Crippen LogP contribution in [0.2, 0.25) is 0 Å². The van der Waals surface area contributed by atoms with Crippen molar-refractivity contribution in [2.24, 2.45) is 17.8 Å². The molecule has 0 radical (unpaired) electrons. The molecular formula is C54H71N3O9. The highest BCUT2D eigenvalue weighted by Crippen LogP contribution is 2.47. The summed E-state index contributed by atoms with van der Waals surface area (Å²) < 4.78 is 15.2. The standard InChI is InChI=1S/C54H71N3O9/c1-34(2)42(32-50(60)65-8)52(62)55-28-10-12-46(55)48(58)30-36-14-18-38(19-15-36)44-26-27-45(57(44)41-24-22-40(23-25-41)54(4,5)6)39-20-16-37(17-21-39)31-49(59)47-13-11-29-56(47)53(63)43(35(3)64-7)33-51(61)66-9/h14-25,34-35,42-47H,10-13,26-33H2,1-9H3/t35-,42+,43+,44+,45+,46+,47+/m1/s1. The summed E-state index contributed by atoms with van der Waals surface area (Å²) in [6, 6.07) is 24.6. The van der Waals surface area contributed by atoms with E-state index in [0.29, 0.717) is 32.4 Å². The summed E-state index contributed by atoms with van der Waals surface area (Å²) in [7, 11) is 4.13. The average molecular weight is 906 g/mol. The van der Waals surface area contributed by atoms with Crippen LogP contribution in [-0.4, -0.2) is 97.7 Å². The van der Waals surface area contributed by atoms with Crippen LogP contribution in [0.4, 0.5) is 5.69 Å². The Kier molecular flexibility index (Phi) is 16.7. The molecule has 356 valence electrons. The Balaban J connectivity index is 1.17. The molecule has 0 N–H and O–H groups in total. The predicted octanol–water partition coefficient (Wildman–Crippen LogP) is 8.32. The number of nitrogens with zero attached hydrogens (tertiary/aromatic N) is 3. The van der Waals surface area contributed by atoms with Crippen molar-refractivity contribution in [3.8, 4) is 0 Å². The minimum Gasteiger partial charge on any atom is -0.469 e. The van der Waals surface area contributed by atoms with Crippen LogP contribution in [-0.2, 0) is 61.2 Å². The average Bonchev–Trinajstić information content (AvgIpc) is 4.10. The minimum absolute atomic E-state index is 0.000240. The number of hydrogen-bond acceptors (Lipinski definition) is 10. The fraction of sp³-hybridized carbons (Fsp3) is 0.556. The highest BCUT2D eigenvalue weighted by molar-refractivity contribution is 5.94. The van der Waals surface area contributed by atoms with Crippen LogP contribution in [0.3, 0.4) is 0 Å². The molecule has 12 heteroatoms. The van der Waals surface area contributed by atoms with Crippen molar-refractivity contribution in [3.63, 3.8) is 0 Å². The van der Waals surface area contributed by atoms with Gasteiger partial charge in [-0.2, -0.15) is 0 Å². The third-order valence-corrected chi connectivity index (χ3v) is 14.3. The van der Waals surface area contributed by atoms with Crippen LogP contribution in [0.15, 0.2) is 72.8 Å². The molecule has 3 saturated heterocycles. The lowest BCUT2D eigenvalue weighted by Crippen LogP contribution is -2.47. The maximum atomic E-state index is 13.9. The van der Waals surface area contributed by atoms with Crippen molar-refractivity contribution in [2.75, 3.05) is 39.3 Å². The Morgan fingerprint density at radius 1 is 0.591 bits per heavy atom. The van der Waals surface area contributed by atoms with Gasteiger partial charge in [0.05, 0.1) is 69.2 Å². The lowest BCUT2D eigenvalue weighted by Gasteiger charge is -2.34. The zero-order valence-electron chi connectivity index (χ0n) is 40.5. The van der Waals surface area contributed by atoms with Crippen LogP contribution in [0, 0.1) is 17.8 Å². The quantitative estimate of drug-likeness (QED) is 0.115. The Bertz CT molecular complexity index is 2180. The number of esters is 2. The van der Waals surface area contributed by atoms with Gasteiger partial charge in [-0.05, 0) is 96.7 Å². The van der Waals surface area contributed by atoms with E-state index in [9.17, 15) is 28.8 Å². The Morgan fingerprint density at radius 3 is 1.41 bits per heavy atom. The second kappa shape index (κ2) is 22.0. The van der Waals surface area contributed by atoms with Crippen molar-refractivity contribution in [2.45, 2.75) is 141 Å². The molecule has 3 aromatic rings. The number of anilines is 1. The summed E-state index contributed by atoms with van der Waals surface area (Å²) >= 11 is 0. The second-order valence-corrected chi connectivity index (χ2v) is 19.9. The molecule has 0 spiro atoms. The van der Waals surface area contributed by atoms with Crippen molar-refractivity contribution < 1.29 is 43.0 Å². The fourth-order valence-corrected chi connectivity index (χ4v) is 10.2. The molecular weight excluding hydrogens is 835 g/mol. The molecule has 3 aliphatic rings. The van der Waals surface area contributed by atoms with Gasteiger partial charge in [-0.15, -0.1) is 0 Å². The number of ether oxygens (including phenoxy) is 3. The first kappa shape index (κ1) is 50.1. The second-order valence-electron chi connectivity index (χ2n) is 19.9. The summed E-state index contributed by atoms with van der Waals surface area (Å²) in [5, 5.41) is 0. The van der Waals surface area contributed by atoms with E-state index < -0.39 is 42.0 Å². The molecule has 0 aromatic heterocycles. The zero-order chi connectivity index (χ0) is 47.9. The third kappa shape index (κ3) is 11.6. The number of benzene rings is 3. The van der Waals surface area contributed by atoms with Crippen LogP contribution in [0.5, 0.6) is 0 Å². The minimum atomic E-state index is -0.739.